The zero-order chi connectivity index (χ0) is 20.2. The summed E-state index contributed by atoms with van der Waals surface area (Å²) in [5.74, 6) is 0. The maximum atomic E-state index is 6.43. The van der Waals surface area contributed by atoms with E-state index in [-0.39, 0.29) is 0 Å². The minimum atomic E-state index is 0.366. The van der Waals surface area contributed by atoms with E-state index in [0.29, 0.717) is 11.1 Å². The van der Waals surface area contributed by atoms with E-state index in [9.17, 15) is 0 Å². The van der Waals surface area contributed by atoms with Crippen LogP contribution in [0.15, 0.2) is 85.1 Å². The lowest BCUT2D eigenvalue weighted by Crippen LogP contribution is -2.83. The molecule has 146 valence electrons. The molecule has 0 amide bonds. The van der Waals surface area contributed by atoms with Gasteiger partial charge >= 0.3 is 0 Å². The number of rotatable bonds is 6. The van der Waals surface area contributed by atoms with Gasteiger partial charge in [-0.3, -0.25) is 0 Å². The van der Waals surface area contributed by atoms with Gasteiger partial charge in [0.1, 0.15) is 18.3 Å². The number of nitrogens with zero attached hydrogens (tertiary/aromatic N) is 2. The van der Waals surface area contributed by atoms with Gasteiger partial charge in [0.2, 0.25) is 0 Å². The van der Waals surface area contributed by atoms with Crippen LogP contribution in [0.2, 0.25) is 5.02 Å². The van der Waals surface area contributed by atoms with Gasteiger partial charge in [0.25, 0.3) is 0 Å². The van der Waals surface area contributed by atoms with Gasteiger partial charge in [0.05, 0.1) is 16.3 Å². The minimum Gasteiger partial charge on any atom is -0.336 e. The van der Waals surface area contributed by atoms with Crippen molar-refractivity contribution >= 4 is 11.6 Å². The van der Waals surface area contributed by atoms with Crippen molar-refractivity contribution < 1.29 is 5.32 Å². The number of nitrogens with two attached hydrogens (primary N) is 1. The van der Waals surface area contributed by atoms with E-state index in [2.05, 4.69) is 80.0 Å². The summed E-state index contributed by atoms with van der Waals surface area (Å²) in [5.41, 5.74) is 6.77. The molecule has 0 aliphatic rings. The first-order valence-electron chi connectivity index (χ1n) is 9.90. The molecule has 0 spiro atoms. The van der Waals surface area contributed by atoms with Crippen LogP contribution in [0.3, 0.4) is 0 Å². The van der Waals surface area contributed by atoms with Crippen molar-refractivity contribution in [1.29, 1.82) is 0 Å². The molecule has 0 aliphatic carbocycles. The number of para-hydroxylation sites is 1. The molecule has 1 aromatic heterocycles. The predicted octanol–water partition coefficient (Wildman–Crippen LogP) is 5.33. The first kappa shape index (κ1) is 19.4. The number of quaternary nitrogens is 1. The summed E-state index contributed by atoms with van der Waals surface area (Å²) in [4.78, 5) is 0. The monoisotopic (exact) mass is 402 g/mol. The maximum absolute atomic E-state index is 6.43. The largest absolute Gasteiger partial charge is 0.336 e. The van der Waals surface area contributed by atoms with Crippen LogP contribution < -0.4 is 5.32 Å². The van der Waals surface area contributed by atoms with Crippen molar-refractivity contribution in [2.45, 2.75) is 26.4 Å². The molecule has 0 unspecified atom stereocenters. The van der Waals surface area contributed by atoms with Gasteiger partial charge in [-0.2, -0.15) is 5.10 Å². The van der Waals surface area contributed by atoms with Gasteiger partial charge in [-0.1, -0.05) is 83.9 Å². The van der Waals surface area contributed by atoms with E-state index in [1.807, 2.05) is 28.9 Å². The summed E-state index contributed by atoms with van der Waals surface area (Å²) in [5, 5.41) is 7.95. The fourth-order valence-electron chi connectivity index (χ4n) is 3.47. The average Bonchev–Trinajstić information content (AvgIpc) is 3.17. The highest BCUT2D eigenvalue weighted by molar-refractivity contribution is 6.32. The van der Waals surface area contributed by atoms with Crippen LogP contribution >= 0.6 is 11.6 Å². The summed E-state index contributed by atoms with van der Waals surface area (Å²) in [6.45, 7) is 5.17. The molecule has 1 heterocycles. The Morgan fingerprint density at radius 3 is 2.34 bits per heavy atom. The number of hydrogen-bond donors (Lipinski definition) is 1. The van der Waals surface area contributed by atoms with E-state index in [4.69, 9.17) is 16.7 Å². The second-order valence-electron chi connectivity index (χ2n) is 7.40. The Bertz CT molecular complexity index is 1080. The number of benzene rings is 3. The fraction of sp³-hybridized carbons (Fsp3) is 0.160. The lowest BCUT2D eigenvalue weighted by atomic mass is 10.1. The molecule has 0 radical (unpaired) electrons. The number of aryl methyl sites for hydroxylation is 1. The van der Waals surface area contributed by atoms with Crippen molar-refractivity contribution in [2.24, 2.45) is 0 Å². The van der Waals surface area contributed by atoms with Gasteiger partial charge < -0.3 is 5.32 Å². The van der Waals surface area contributed by atoms with Gasteiger partial charge in [-0.15, -0.1) is 0 Å². The molecular weight excluding hydrogens is 378 g/mol. The third-order valence-corrected chi connectivity index (χ3v) is 5.55. The molecule has 0 saturated carbocycles. The van der Waals surface area contributed by atoms with E-state index >= 15 is 0 Å². The average molecular weight is 403 g/mol. The molecule has 4 heteroatoms. The first-order chi connectivity index (χ1) is 14.1. The zero-order valence-electron chi connectivity index (χ0n) is 16.7. The molecule has 4 aromatic rings. The lowest BCUT2D eigenvalue weighted by molar-refractivity contribution is -0.707. The second kappa shape index (κ2) is 8.64. The van der Waals surface area contributed by atoms with Crippen LogP contribution in [-0.2, 0) is 6.54 Å². The Balaban J connectivity index is 1.67. The highest BCUT2D eigenvalue weighted by Gasteiger charge is 2.17. The van der Waals surface area contributed by atoms with Crippen LogP contribution in [-0.4, -0.2) is 9.78 Å². The second-order valence-corrected chi connectivity index (χ2v) is 7.81. The van der Waals surface area contributed by atoms with Crippen LogP contribution in [0.1, 0.15) is 29.7 Å². The number of halogens is 1. The molecular formula is C25H25ClN3+. The van der Waals surface area contributed by atoms with Crippen LogP contribution in [0.5, 0.6) is 0 Å². The molecule has 0 aliphatic heterocycles. The molecule has 3 aromatic carbocycles. The van der Waals surface area contributed by atoms with Gasteiger partial charge in [0.15, 0.2) is 0 Å². The Morgan fingerprint density at radius 2 is 1.62 bits per heavy atom. The summed E-state index contributed by atoms with van der Waals surface area (Å²) >= 11 is 6.43. The van der Waals surface area contributed by atoms with Crippen molar-refractivity contribution in [3.8, 4) is 16.9 Å². The molecule has 4 rings (SSSR count). The van der Waals surface area contributed by atoms with Crippen LogP contribution in [0, 0.1) is 6.92 Å². The van der Waals surface area contributed by atoms with Crippen molar-refractivity contribution in [1.82, 2.24) is 9.78 Å². The topological polar surface area (TPSA) is 34.4 Å². The summed E-state index contributed by atoms with van der Waals surface area (Å²) in [7, 11) is 0. The first-order valence-corrected chi connectivity index (χ1v) is 10.3. The Morgan fingerprint density at radius 1 is 0.931 bits per heavy atom. The third-order valence-electron chi connectivity index (χ3n) is 5.23. The van der Waals surface area contributed by atoms with Gasteiger partial charge in [-0.25, -0.2) is 4.68 Å². The Kier molecular flexibility index (Phi) is 5.79. The third kappa shape index (κ3) is 4.42. The molecule has 2 N–H and O–H groups in total. The zero-order valence-corrected chi connectivity index (χ0v) is 17.5. The fourth-order valence-corrected chi connectivity index (χ4v) is 3.69. The van der Waals surface area contributed by atoms with Crippen LogP contribution in [0.4, 0.5) is 0 Å². The van der Waals surface area contributed by atoms with Crippen molar-refractivity contribution in [2.75, 3.05) is 0 Å². The summed E-state index contributed by atoms with van der Waals surface area (Å²) in [6.07, 6.45) is 2.10. The lowest BCUT2D eigenvalue weighted by Gasteiger charge is -2.11. The smallest absolute Gasteiger partial charge is 0.109 e. The molecule has 0 saturated heterocycles. The SMILES string of the molecule is Cc1ccc(-c2nn(-c3ccccc3Cl)cc2C[NH2+][C@@H](C)c2ccccc2)cc1. The van der Waals surface area contributed by atoms with E-state index < -0.39 is 0 Å². The van der Waals surface area contributed by atoms with Crippen LogP contribution in [0.25, 0.3) is 16.9 Å². The maximum Gasteiger partial charge on any atom is 0.109 e. The Hall–Kier alpha value is -2.88. The van der Waals surface area contributed by atoms with Crippen molar-refractivity contribution in [3.63, 3.8) is 0 Å². The Labute approximate surface area is 177 Å². The predicted molar refractivity (Wildman–Crippen MR) is 119 cm³/mol. The summed E-state index contributed by atoms with van der Waals surface area (Å²) in [6, 6.07) is 27.3. The standard InChI is InChI=1S/C25H24ClN3/c1-18-12-14-21(15-13-18)25-22(16-27-19(2)20-8-4-3-5-9-20)17-29(28-25)24-11-7-6-10-23(24)26/h3-15,17,19,27H,16H2,1-2H3/p+1/t19-/m0/s1. The minimum absolute atomic E-state index is 0.366. The molecule has 0 bridgehead atoms. The molecule has 3 nitrogen and oxygen atoms in total. The quantitative estimate of drug-likeness (QED) is 0.465. The normalized spacial score (nSPS) is 12.1. The van der Waals surface area contributed by atoms with Crippen molar-refractivity contribution in [3.05, 3.63) is 107 Å². The van der Waals surface area contributed by atoms with E-state index in [0.717, 1.165) is 23.5 Å². The van der Waals surface area contributed by atoms with Gasteiger partial charge in [-0.05, 0) is 26.0 Å². The van der Waals surface area contributed by atoms with E-state index in [1.54, 1.807) is 0 Å². The number of hydrogen-bond acceptors (Lipinski definition) is 1. The summed E-state index contributed by atoms with van der Waals surface area (Å²) < 4.78 is 1.90. The number of aromatic nitrogens is 2. The van der Waals surface area contributed by atoms with Gasteiger partial charge in [0, 0.05) is 17.3 Å². The highest BCUT2D eigenvalue weighted by Crippen LogP contribution is 2.26. The molecule has 29 heavy (non-hydrogen) atoms. The van der Waals surface area contributed by atoms with E-state index in [1.165, 1.54) is 16.7 Å². The molecule has 1 atom stereocenters. The molecule has 0 fully saturated rings. The highest BCUT2D eigenvalue weighted by atomic mass is 35.5.